The molecular formula is C17H27IN6O. The van der Waals surface area contributed by atoms with Crippen LogP contribution in [0.5, 0.6) is 5.75 Å². The molecule has 1 heterocycles. The predicted octanol–water partition coefficient (Wildman–Crippen LogP) is 2.01. The molecule has 1 aromatic heterocycles. The fraction of sp³-hybridized carbons (Fsp3) is 0.471. The fourth-order valence-corrected chi connectivity index (χ4v) is 2.23. The van der Waals surface area contributed by atoms with E-state index in [1.54, 1.807) is 13.4 Å². The molecule has 8 heteroatoms. The first-order chi connectivity index (χ1) is 11.7. The third-order valence-corrected chi connectivity index (χ3v) is 3.56. The van der Waals surface area contributed by atoms with Gasteiger partial charge in [0.2, 0.25) is 0 Å². The fourth-order valence-electron chi connectivity index (χ4n) is 2.23. The lowest BCUT2D eigenvalue weighted by molar-refractivity contribution is 0.322. The number of aryl methyl sites for hydroxylation is 2. The summed E-state index contributed by atoms with van der Waals surface area (Å²) < 4.78 is 7.73. The van der Waals surface area contributed by atoms with E-state index in [1.165, 1.54) is 5.56 Å². The highest BCUT2D eigenvalue weighted by Gasteiger charge is 2.02. The molecular weight excluding hydrogens is 431 g/mol. The number of hydrogen-bond acceptors (Lipinski definition) is 4. The molecule has 2 rings (SSSR count). The maximum atomic E-state index is 5.68. The zero-order valence-corrected chi connectivity index (χ0v) is 17.4. The number of guanidine groups is 1. The number of nitrogens with zero attached hydrogens (tertiary/aromatic N) is 4. The van der Waals surface area contributed by atoms with Crippen LogP contribution in [0.1, 0.15) is 18.3 Å². The Kier molecular flexibility index (Phi) is 9.90. The van der Waals surface area contributed by atoms with Gasteiger partial charge < -0.3 is 19.9 Å². The Labute approximate surface area is 166 Å². The van der Waals surface area contributed by atoms with E-state index in [0.29, 0.717) is 13.2 Å². The first kappa shape index (κ1) is 21.2. The smallest absolute Gasteiger partial charge is 0.191 e. The van der Waals surface area contributed by atoms with Crippen molar-refractivity contribution < 1.29 is 4.74 Å². The predicted molar refractivity (Wildman–Crippen MR) is 111 cm³/mol. The van der Waals surface area contributed by atoms with Crippen LogP contribution in [0.3, 0.4) is 0 Å². The molecule has 0 fully saturated rings. The zero-order valence-electron chi connectivity index (χ0n) is 15.0. The molecule has 0 aliphatic carbocycles. The summed E-state index contributed by atoms with van der Waals surface area (Å²) >= 11 is 0. The van der Waals surface area contributed by atoms with E-state index in [0.717, 1.165) is 37.0 Å². The summed E-state index contributed by atoms with van der Waals surface area (Å²) in [6.45, 7) is 6.95. The van der Waals surface area contributed by atoms with Gasteiger partial charge in [0.05, 0.1) is 6.54 Å². The molecule has 0 aliphatic heterocycles. The third-order valence-electron chi connectivity index (χ3n) is 3.56. The van der Waals surface area contributed by atoms with Crippen LogP contribution in [0.25, 0.3) is 0 Å². The van der Waals surface area contributed by atoms with E-state index in [9.17, 15) is 0 Å². The summed E-state index contributed by atoms with van der Waals surface area (Å²) in [4.78, 5) is 4.20. The van der Waals surface area contributed by atoms with Crippen LogP contribution >= 0.6 is 24.0 Å². The number of hydrogen-bond donors (Lipinski definition) is 2. The van der Waals surface area contributed by atoms with Gasteiger partial charge in [0.25, 0.3) is 0 Å². The second-order valence-corrected chi connectivity index (χ2v) is 5.38. The minimum Gasteiger partial charge on any atom is -0.492 e. The van der Waals surface area contributed by atoms with Crippen molar-refractivity contribution in [1.82, 2.24) is 25.4 Å². The number of nitrogens with one attached hydrogen (secondary N) is 2. The molecule has 0 spiro atoms. The number of rotatable bonds is 8. The van der Waals surface area contributed by atoms with Gasteiger partial charge in [-0.1, -0.05) is 24.6 Å². The minimum atomic E-state index is 0. The van der Waals surface area contributed by atoms with Crippen LogP contribution in [0, 0.1) is 6.92 Å². The average molecular weight is 458 g/mol. The Bertz CT molecular complexity index is 641. The zero-order chi connectivity index (χ0) is 17.2. The van der Waals surface area contributed by atoms with Crippen molar-refractivity contribution in [3.63, 3.8) is 0 Å². The van der Waals surface area contributed by atoms with Crippen LogP contribution in [-0.4, -0.2) is 47.5 Å². The Balaban J connectivity index is 0.00000312. The summed E-state index contributed by atoms with van der Waals surface area (Å²) in [6.07, 6.45) is 2.63. The first-order valence-electron chi connectivity index (χ1n) is 8.23. The molecule has 0 bridgehead atoms. The Hall–Kier alpha value is -1.84. The molecule has 0 atom stereocenters. The van der Waals surface area contributed by atoms with Gasteiger partial charge in [0.1, 0.15) is 24.5 Å². The molecule has 25 heavy (non-hydrogen) atoms. The molecule has 138 valence electrons. The van der Waals surface area contributed by atoms with E-state index in [1.807, 2.05) is 28.8 Å². The molecule has 0 unspecified atom stereocenters. The van der Waals surface area contributed by atoms with E-state index in [2.05, 4.69) is 39.7 Å². The standard InChI is InChI=1S/C17H26N6O.HI/c1-4-16-22-21-13-23(16)11-9-19-17(18-3)20-10-12-24-15-7-5-14(2)6-8-15;/h5-8,13H,4,9-12H2,1-3H3,(H2,18,19,20);1H. The van der Waals surface area contributed by atoms with Crippen LogP contribution in [0.15, 0.2) is 35.6 Å². The molecule has 0 saturated carbocycles. The molecule has 2 N–H and O–H groups in total. The summed E-state index contributed by atoms with van der Waals surface area (Å²) in [5, 5.41) is 14.5. The van der Waals surface area contributed by atoms with E-state index >= 15 is 0 Å². The maximum Gasteiger partial charge on any atom is 0.191 e. The largest absolute Gasteiger partial charge is 0.492 e. The van der Waals surface area contributed by atoms with Crippen molar-refractivity contribution in [1.29, 1.82) is 0 Å². The van der Waals surface area contributed by atoms with Crippen molar-refractivity contribution in [2.45, 2.75) is 26.8 Å². The lowest BCUT2D eigenvalue weighted by atomic mass is 10.2. The van der Waals surface area contributed by atoms with Crippen LogP contribution in [0.4, 0.5) is 0 Å². The monoisotopic (exact) mass is 458 g/mol. The highest BCUT2D eigenvalue weighted by atomic mass is 127. The van der Waals surface area contributed by atoms with Crippen LogP contribution in [-0.2, 0) is 13.0 Å². The summed E-state index contributed by atoms with van der Waals surface area (Å²) in [6, 6.07) is 8.04. The van der Waals surface area contributed by atoms with Crippen molar-refractivity contribution in [2.75, 3.05) is 26.7 Å². The van der Waals surface area contributed by atoms with Gasteiger partial charge >= 0.3 is 0 Å². The normalized spacial score (nSPS) is 10.9. The molecule has 1 aromatic carbocycles. The summed E-state index contributed by atoms with van der Waals surface area (Å²) in [5.41, 5.74) is 1.23. The molecule has 7 nitrogen and oxygen atoms in total. The molecule has 0 amide bonds. The Morgan fingerprint density at radius 2 is 1.92 bits per heavy atom. The van der Waals surface area contributed by atoms with Gasteiger partial charge in [-0.3, -0.25) is 4.99 Å². The Morgan fingerprint density at radius 1 is 1.20 bits per heavy atom. The van der Waals surface area contributed by atoms with Crippen molar-refractivity contribution in [2.24, 2.45) is 4.99 Å². The number of aromatic nitrogens is 3. The van der Waals surface area contributed by atoms with Gasteiger partial charge in [0.15, 0.2) is 5.96 Å². The van der Waals surface area contributed by atoms with Gasteiger partial charge in [-0.25, -0.2) is 0 Å². The second kappa shape index (κ2) is 11.7. The van der Waals surface area contributed by atoms with Crippen molar-refractivity contribution in [3.05, 3.63) is 42.0 Å². The molecule has 0 radical (unpaired) electrons. The minimum absolute atomic E-state index is 0. The highest BCUT2D eigenvalue weighted by molar-refractivity contribution is 14.0. The number of halogens is 1. The SMILES string of the molecule is CCc1nncn1CCNC(=NC)NCCOc1ccc(C)cc1.I. The van der Waals surface area contributed by atoms with Gasteiger partial charge in [0, 0.05) is 26.6 Å². The number of benzene rings is 1. The van der Waals surface area contributed by atoms with Crippen molar-refractivity contribution >= 4 is 29.9 Å². The van der Waals surface area contributed by atoms with E-state index in [-0.39, 0.29) is 24.0 Å². The quantitative estimate of drug-likeness (QED) is 0.274. The number of ether oxygens (including phenoxy) is 1. The van der Waals surface area contributed by atoms with Crippen molar-refractivity contribution in [3.8, 4) is 5.75 Å². The maximum absolute atomic E-state index is 5.68. The average Bonchev–Trinajstić information content (AvgIpc) is 3.06. The first-order valence-corrected chi connectivity index (χ1v) is 8.23. The van der Waals surface area contributed by atoms with Gasteiger partial charge in [-0.15, -0.1) is 34.2 Å². The second-order valence-electron chi connectivity index (χ2n) is 5.38. The van der Waals surface area contributed by atoms with Crippen LogP contribution in [0.2, 0.25) is 0 Å². The van der Waals surface area contributed by atoms with E-state index < -0.39 is 0 Å². The lowest BCUT2D eigenvalue weighted by Gasteiger charge is -2.13. The topological polar surface area (TPSA) is 76.4 Å². The van der Waals surface area contributed by atoms with Gasteiger partial charge in [-0.05, 0) is 19.1 Å². The summed E-state index contributed by atoms with van der Waals surface area (Å²) in [5.74, 6) is 2.63. The van der Waals surface area contributed by atoms with Gasteiger partial charge in [-0.2, -0.15) is 0 Å². The molecule has 2 aromatic rings. The molecule has 0 aliphatic rings. The van der Waals surface area contributed by atoms with Crippen LogP contribution < -0.4 is 15.4 Å². The van der Waals surface area contributed by atoms with E-state index in [4.69, 9.17) is 4.74 Å². The Morgan fingerprint density at radius 3 is 2.60 bits per heavy atom. The summed E-state index contributed by atoms with van der Waals surface area (Å²) in [7, 11) is 1.76. The third kappa shape index (κ3) is 7.29. The molecule has 0 saturated heterocycles. The number of aliphatic imine (C=N–C) groups is 1. The highest BCUT2D eigenvalue weighted by Crippen LogP contribution is 2.10. The lowest BCUT2D eigenvalue weighted by Crippen LogP contribution is -2.40.